The lowest BCUT2D eigenvalue weighted by Gasteiger charge is -2.09. The Bertz CT molecular complexity index is 377. The molecule has 0 aromatic heterocycles. The Morgan fingerprint density at radius 2 is 2.00 bits per heavy atom. The largest absolute Gasteiger partial charge is 0.497 e. The van der Waals surface area contributed by atoms with Crippen LogP contribution < -0.4 is 15.2 Å². The van der Waals surface area contributed by atoms with Crippen molar-refractivity contribution >= 4 is 5.78 Å². The summed E-state index contributed by atoms with van der Waals surface area (Å²) < 4.78 is 10.3. The molecule has 0 heterocycles. The first kappa shape index (κ1) is 13.5. The number of hydrogen-bond acceptors (Lipinski definition) is 4. The number of unbranched alkanes of at least 4 members (excludes halogenated alkanes) is 1. The Morgan fingerprint density at radius 3 is 2.59 bits per heavy atom. The molecule has 0 spiro atoms. The smallest absolute Gasteiger partial charge is 0.166 e. The highest BCUT2D eigenvalue weighted by atomic mass is 16.5. The van der Waals surface area contributed by atoms with Gasteiger partial charge in [-0.05, 0) is 31.5 Å². The highest BCUT2D eigenvalue weighted by molar-refractivity contribution is 5.98. The first-order chi connectivity index (χ1) is 8.22. The van der Waals surface area contributed by atoms with Crippen LogP contribution in [0.4, 0.5) is 0 Å². The van der Waals surface area contributed by atoms with Crippen LogP contribution in [-0.4, -0.2) is 26.5 Å². The highest BCUT2D eigenvalue weighted by Gasteiger charge is 2.12. The zero-order chi connectivity index (χ0) is 12.7. The van der Waals surface area contributed by atoms with Crippen molar-refractivity contribution in [2.24, 2.45) is 5.73 Å². The molecule has 0 radical (unpaired) electrons. The average Bonchev–Trinajstić information content (AvgIpc) is 2.38. The fourth-order valence-electron chi connectivity index (χ4n) is 1.59. The molecule has 4 nitrogen and oxygen atoms in total. The molecule has 0 atom stereocenters. The number of ether oxygens (including phenoxy) is 2. The molecule has 0 bridgehead atoms. The van der Waals surface area contributed by atoms with Gasteiger partial charge in [-0.2, -0.15) is 0 Å². The number of Topliss-reactive ketones (excluding diaryl/α,β-unsaturated/α-hetero) is 1. The van der Waals surface area contributed by atoms with E-state index in [1.54, 1.807) is 32.4 Å². The van der Waals surface area contributed by atoms with Gasteiger partial charge in [-0.1, -0.05) is 0 Å². The fraction of sp³-hybridized carbons (Fsp3) is 0.462. The van der Waals surface area contributed by atoms with Gasteiger partial charge in [0.2, 0.25) is 0 Å². The molecular weight excluding hydrogens is 218 g/mol. The van der Waals surface area contributed by atoms with Crippen molar-refractivity contribution in [3.63, 3.8) is 0 Å². The maximum atomic E-state index is 11.9. The van der Waals surface area contributed by atoms with Crippen LogP contribution in [0, 0.1) is 0 Å². The highest BCUT2D eigenvalue weighted by Crippen LogP contribution is 2.25. The lowest BCUT2D eigenvalue weighted by atomic mass is 10.0. The van der Waals surface area contributed by atoms with Gasteiger partial charge in [0.25, 0.3) is 0 Å². The lowest BCUT2D eigenvalue weighted by Crippen LogP contribution is -2.04. The minimum atomic E-state index is 0.0814. The molecule has 0 aliphatic heterocycles. The molecule has 4 heteroatoms. The number of carbonyl (C=O) groups excluding carboxylic acids is 1. The van der Waals surface area contributed by atoms with E-state index in [9.17, 15) is 4.79 Å². The summed E-state index contributed by atoms with van der Waals surface area (Å²) in [5.41, 5.74) is 6.00. The van der Waals surface area contributed by atoms with Crippen LogP contribution in [0.2, 0.25) is 0 Å². The second-order valence-electron chi connectivity index (χ2n) is 3.74. The van der Waals surface area contributed by atoms with E-state index in [0.717, 1.165) is 12.8 Å². The summed E-state index contributed by atoms with van der Waals surface area (Å²) in [5, 5.41) is 0. The van der Waals surface area contributed by atoms with Gasteiger partial charge in [0.05, 0.1) is 19.8 Å². The molecule has 0 aliphatic rings. The van der Waals surface area contributed by atoms with Crippen LogP contribution in [0.5, 0.6) is 11.5 Å². The standard InChI is InChI=1S/C13H19NO3/c1-16-10-6-7-11(13(9-10)17-2)12(15)5-3-4-8-14/h6-7,9H,3-5,8,14H2,1-2H3. The van der Waals surface area contributed by atoms with Crippen molar-refractivity contribution < 1.29 is 14.3 Å². The summed E-state index contributed by atoms with van der Waals surface area (Å²) in [5.74, 6) is 1.32. The molecule has 0 saturated carbocycles. The zero-order valence-electron chi connectivity index (χ0n) is 10.4. The molecule has 0 unspecified atom stereocenters. The predicted octanol–water partition coefficient (Wildman–Crippen LogP) is 2.02. The molecule has 2 N–H and O–H groups in total. The monoisotopic (exact) mass is 237 g/mol. The number of benzene rings is 1. The van der Waals surface area contributed by atoms with Gasteiger partial charge in [-0.15, -0.1) is 0 Å². The summed E-state index contributed by atoms with van der Waals surface area (Å²) in [6.07, 6.45) is 2.18. The van der Waals surface area contributed by atoms with E-state index in [-0.39, 0.29) is 5.78 Å². The molecule has 0 amide bonds. The number of carbonyl (C=O) groups is 1. The molecule has 17 heavy (non-hydrogen) atoms. The van der Waals surface area contributed by atoms with Crippen molar-refractivity contribution in [1.82, 2.24) is 0 Å². The molecule has 1 aromatic carbocycles. The van der Waals surface area contributed by atoms with E-state index in [4.69, 9.17) is 15.2 Å². The zero-order valence-corrected chi connectivity index (χ0v) is 10.4. The second-order valence-corrected chi connectivity index (χ2v) is 3.74. The first-order valence-electron chi connectivity index (χ1n) is 5.68. The predicted molar refractivity (Wildman–Crippen MR) is 66.8 cm³/mol. The Hall–Kier alpha value is -1.55. The number of nitrogens with two attached hydrogens (primary N) is 1. The van der Waals surface area contributed by atoms with Crippen molar-refractivity contribution in [1.29, 1.82) is 0 Å². The number of methoxy groups -OCH3 is 2. The third kappa shape index (κ3) is 3.75. The lowest BCUT2D eigenvalue weighted by molar-refractivity contribution is 0.0976. The molecular formula is C13H19NO3. The number of hydrogen-bond donors (Lipinski definition) is 1. The Kier molecular flexibility index (Phi) is 5.49. The van der Waals surface area contributed by atoms with Gasteiger partial charge in [-0.3, -0.25) is 4.79 Å². The third-order valence-corrected chi connectivity index (χ3v) is 2.57. The third-order valence-electron chi connectivity index (χ3n) is 2.57. The van der Waals surface area contributed by atoms with E-state index in [1.165, 1.54) is 0 Å². The molecule has 0 fully saturated rings. The summed E-state index contributed by atoms with van der Waals surface area (Å²) in [6.45, 7) is 0.618. The Labute approximate surface area is 102 Å². The van der Waals surface area contributed by atoms with E-state index in [1.807, 2.05) is 0 Å². The van der Waals surface area contributed by atoms with Gasteiger partial charge < -0.3 is 15.2 Å². The molecule has 1 rings (SSSR count). The van der Waals surface area contributed by atoms with Gasteiger partial charge in [-0.25, -0.2) is 0 Å². The molecule has 94 valence electrons. The van der Waals surface area contributed by atoms with Crippen molar-refractivity contribution in [3.8, 4) is 11.5 Å². The van der Waals surface area contributed by atoms with Crippen molar-refractivity contribution in [3.05, 3.63) is 23.8 Å². The minimum Gasteiger partial charge on any atom is -0.497 e. The number of ketones is 1. The van der Waals surface area contributed by atoms with Gasteiger partial charge in [0.1, 0.15) is 11.5 Å². The first-order valence-corrected chi connectivity index (χ1v) is 5.68. The fourth-order valence-corrected chi connectivity index (χ4v) is 1.59. The molecule has 0 aliphatic carbocycles. The summed E-state index contributed by atoms with van der Waals surface area (Å²) in [7, 11) is 3.13. The van der Waals surface area contributed by atoms with Crippen LogP contribution in [0.15, 0.2) is 18.2 Å². The van der Waals surface area contributed by atoms with Crippen LogP contribution in [0.1, 0.15) is 29.6 Å². The Balaban J connectivity index is 2.78. The van der Waals surface area contributed by atoms with E-state index < -0.39 is 0 Å². The molecule has 1 aromatic rings. The second kappa shape index (κ2) is 6.91. The number of rotatable bonds is 7. The average molecular weight is 237 g/mol. The summed E-state index contributed by atoms with van der Waals surface area (Å²) in [6, 6.07) is 5.22. The van der Waals surface area contributed by atoms with Crippen molar-refractivity contribution in [2.45, 2.75) is 19.3 Å². The van der Waals surface area contributed by atoms with Crippen LogP contribution in [0.3, 0.4) is 0 Å². The summed E-state index contributed by atoms with van der Waals surface area (Å²) >= 11 is 0. The maximum absolute atomic E-state index is 11.9. The van der Waals surface area contributed by atoms with Gasteiger partial charge in [0.15, 0.2) is 5.78 Å². The van der Waals surface area contributed by atoms with Crippen LogP contribution >= 0.6 is 0 Å². The quantitative estimate of drug-likeness (QED) is 0.582. The molecule has 0 saturated heterocycles. The minimum absolute atomic E-state index is 0.0814. The summed E-state index contributed by atoms with van der Waals surface area (Å²) in [4.78, 5) is 11.9. The van der Waals surface area contributed by atoms with Gasteiger partial charge >= 0.3 is 0 Å². The SMILES string of the molecule is COc1ccc(C(=O)CCCCN)c(OC)c1. The normalized spacial score (nSPS) is 10.1. The van der Waals surface area contributed by atoms with E-state index in [0.29, 0.717) is 30.0 Å². The van der Waals surface area contributed by atoms with Crippen LogP contribution in [-0.2, 0) is 0 Å². The topological polar surface area (TPSA) is 61.5 Å². The maximum Gasteiger partial charge on any atom is 0.166 e. The van der Waals surface area contributed by atoms with Crippen LogP contribution in [0.25, 0.3) is 0 Å². The van der Waals surface area contributed by atoms with E-state index in [2.05, 4.69) is 0 Å². The van der Waals surface area contributed by atoms with E-state index >= 15 is 0 Å². The Morgan fingerprint density at radius 1 is 1.24 bits per heavy atom. The van der Waals surface area contributed by atoms with Crippen molar-refractivity contribution in [2.75, 3.05) is 20.8 Å². The van der Waals surface area contributed by atoms with Gasteiger partial charge in [0, 0.05) is 12.5 Å².